The maximum absolute atomic E-state index is 12.5. The van der Waals surface area contributed by atoms with E-state index >= 15 is 0 Å². The summed E-state index contributed by atoms with van der Waals surface area (Å²) >= 11 is 0. The Bertz CT molecular complexity index is 988. The molecule has 6 nitrogen and oxygen atoms in total. The number of carbonyl (C=O) groups excluding carboxylic acids is 2. The highest BCUT2D eigenvalue weighted by atomic mass is 16.2. The molecular weight excluding hydrogens is 352 g/mol. The molecule has 0 saturated heterocycles. The molecule has 3 aromatic rings. The predicted molar refractivity (Wildman–Crippen MR) is 107 cm³/mol. The van der Waals surface area contributed by atoms with Gasteiger partial charge in [0.25, 0.3) is 5.91 Å². The van der Waals surface area contributed by atoms with Crippen LogP contribution in [0.2, 0.25) is 0 Å². The van der Waals surface area contributed by atoms with Crippen molar-refractivity contribution in [2.24, 2.45) is 0 Å². The van der Waals surface area contributed by atoms with Gasteiger partial charge in [-0.2, -0.15) is 0 Å². The molecule has 2 aromatic carbocycles. The molecule has 1 aliphatic rings. The van der Waals surface area contributed by atoms with Crippen LogP contribution in [0.3, 0.4) is 0 Å². The Kier molecular flexibility index (Phi) is 4.76. The minimum Gasteiger partial charge on any atom is -0.352 e. The van der Waals surface area contributed by atoms with Gasteiger partial charge in [0.05, 0.1) is 6.33 Å². The fourth-order valence-corrected chi connectivity index (χ4v) is 3.27. The van der Waals surface area contributed by atoms with E-state index in [1.54, 1.807) is 23.5 Å². The molecule has 0 spiro atoms. The third-order valence-corrected chi connectivity index (χ3v) is 4.83. The van der Waals surface area contributed by atoms with Crippen LogP contribution in [0, 0.1) is 0 Å². The Morgan fingerprint density at radius 1 is 1.07 bits per heavy atom. The Hall–Kier alpha value is -3.67. The largest absolute Gasteiger partial charge is 0.352 e. The number of hydrogen-bond donors (Lipinski definition) is 1. The van der Waals surface area contributed by atoms with Crippen LogP contribution in [-0.4, -0.2) is 32.8 Å². The van der Waals surface area contributed by atoms with Crippen molar-refractivity contribution in [2.45, 2.75) is 13.0 Å². The number of hydrogen-bond acceptors (Lipinski definition) is 3. The molecule has 2 amide bonds. The van der Waals surface area contributed by atoms with Crippen molar-refractivity contribution >= 4 is 17.5 Å². The number of rotatable bonds is 6. The van der Waals surface area contributed by atoms with Gasteiger partial charge in [0.15, 0.2) is 0 Å². The SMILES string of the molecule is C=C1c2ccccc2C(=O)N1CCC(=O)NCc1ccc(-n2ccnc2)cc1. The zero-order chi connectivity index (χ0) is 19.5. The lowest BCUT2D eigenvalue weighted by Gasteiger charge is -2.17. The third kappa shape index (κ3) is 3.44. The monoisotopic (exact) mass is 372 g/mol. The van der Waals surface area contributed by atoms with E-state index in [2.05, 4.69) is 16.9 Å². The van der Waals surface area contributed by atoms with E-state index < -0.39 is 0 Å². The van der Waals surface area contributed by atoms with E-state index in [1.165, 1.54) is 0 Å². The smallest absolute Gasteiger partial charge is 0.258 e. The van der Waals surface area contributed by atoms with E-state index in [0.29, 0.717) is 24.4 Å². The zero-order valence-electron chi connectivity index (χ0n) is 15.3. The fourth-order valence-electron chi connectivity index (χ4n) is 3.27. The van der Waals surface area contributed by atoms with E-state index in [1.807, 2.05) is 53.2 Å². The van der Waals surface area contributed by atoms with Crippen LogP contribution in [0.1, 0.15) is 27.9 Å². The molecule has 0 radical (unpaired) electrons. The van der Waals surface area contributed by atoms with Gasteiger partial charge in [0.1, 0.15) is 0 Å². The molecule has 0 fully saturated rings. The van der Waals surface area contributed by atoms with Gasteiger partial charge < -0.3 is 14.8 Å². The first-order valence-electron chi connectivity index (χ1n) is 9.07. The number of benzene rings is 2. The summed E-state index contributed by atoms with van der Waals surface area (Å²) in [4.78, 5) is 30.3. The van der Waals surface area contributed by atoms with E-state index in [4.69, 9.17) is 0 Å². The molecular formula is C22H20N4O2. The van der Waals surface area contributed by atoms with Crippen LogP contribution in [-0.2, 0) is 11.3 Å². The van der Waals surface area contributed by atoms with Gasteiger partial charge >= 0.3 is 0 Å². The highest BCUT2D eigenvalue weighted by Crippen LogP contribution is 2.30. The lowest BCUT2D eigenvalue weighted by Crippen LogP contribution is -2.30. The Balaban J connectivity index is 1.29. The third-order valence-electron chi connectivity index (χ3n) is 4.83. The summed E-state index contributed by atoms with van der Waals surface area (Å²) in [5.74, 6) is -0.196. The average molecular weight is 372 g/mol. The number of amides is 2. The molecule has 1 N–H and O–H groups in total. The molecule has 0 atom stereocenters. The second kappa shape index (κ2) is 7.52. The second-order valence-corrected chi connectivity index (χ2v) is 6.61. The number of fused-ring (bicyclic) bond motifs is 1. The number of carbonyl (C=O) groups is 2. The maximum Gasteiger partial charge on any atom is 0.258 e. The molecule has 0 saturated carbocycles. The second-order valence-electron chi connectivity index (χ2n) is 6.61. The van der Waals surface area contributed by atoms with E-state index in [-0.39, 0.29) is 18.2 Å². The van der Waals surface area contributed by atoms with Crippen LogP contribution in [0.5, 0.6) is 0 Å². The standard InChI is InChI=1S/C22H20N4O2/c1-16-19-4-2-3-5-20(19)22(28)26(16)12-10-21(27)24-14-17-6-8-18(9-7-17)25-13-11-23-15-25/h2-9,11,13,15H,1,10,12,14H2,(H,24,27). The van der Waals surface area contributed by atoms with Gasteiger partial charge in [-0.3, -0.25) is 9.59 Å². The Morgan fingerprint density at radius 2 is 1.82 bits per heavy atom. The van der Waals surface area contributed by atoms with Crippen LogP contribution in [0.4, 0.5) is 0 Å². The molecule has 0 bridgehead atoms. The summed E-state index contributed by atoms with van der Waals surface area (Å²) in [6.45, 7) is 4.75. The van der Waals surface area contributed by atoms with Crippen molar-refractivity contribution in [3.05, 3.63) is 90.5 Å². The molecule has 1 aromatic heterocycles. The van der Waals surface area contributed by atoms with Crippen molar-refractivity contribution in [2.75, 3.05) is 6.54 Å². The average Bonchev–Trinajstić information content (AvgIpc) is 3.34. The van der Waals surface area contributed by atoms with Crippen molar-refractivity contribution in [1.82, 2.24) is 19.8 Å². The lowest BCUT2D eigenvalue weighted by atomic mass is 10.1. The van der Waals surface area contributed by atoms with Crippen molar-refractivity contribution in [3.63, 3.8) is 0 Å². The Morgan fingerprint density at radius 3 is 2.50 bits per heavy atom. The number of nitrogens with zero attached hydrogens (tertiary/aromatic N) is 3. The van der Waals surface area contributed by atoms with Gasteiger partial charge in [-0.15, -0.1) is 0 Å². The fraction of sp³-hybridized carbons (Fsp3) is 0.136. The van der Waals surface area contributed by atoms with Crippen LogP contribution in [0.15, 0.2) is 73.8 Å². The van der Waals surface area contributed by atoms with Gasteiger partial charge in [-0.05, 0) is 23.8 Å². The van der Waals surface area contributed by atoms with Crippen LogP contribution in [0.25, 0.3) is 11.4 Å². The minimum absolute atomic E-state index is 0.0940. The number of nitrogens with one attached hydrogen (secondary N) is 1. The maximum atomic E-state index is 12.5. The van der Waals surface area contributed by atoms with E-state index in [0.717, 1.165) is 16.8 Å². The summed E-state index contributed by atoms with van der Waals surface area (Å²) in [6.07, 6.45) is 5.57. The predicted octanol–water partition coefficient (Wildman–Crippen LogP) is 3.01. The van der Waals surface area contributed by atoms with Gasteiger partial charge in [-0.1, -0.05) is 36.9 Å². The minimum atomic E-state index is -0.102. The molecule has 4 rings (SSSR count). The van der Waals surface area contributed by atoms with Gasteiger partial charge in [-0.25, -0.2) is 4.98 Å². The molecule has 28 heavy (non-hydrogen) atoms. The highest BCUT2D eigenvalue weighted by Gasteiger charge is 2.30. The van der Waals surface area contributed by atoms with E-state index in [9.17, 15) is 9.59 Å². The molecule has 6 heteroatoms. The molecule has 140 valence electrons. The zero-order valence-corrected chi connectivity index (χ0v) is 15.3. The van der Waals surface area contributed by atoms with Gasteiger partial charge in [0, 0.05) is 54.4 Å². The highest BCUT2D eigenvalue weighted by molar-refractivity contribution is 6.08. The first kappa shape index (κ1) is 17.7. The number of aromatic nitrogens is 2. The molecule has 0 aliphatic carbocycles. The van der Waals surface area contributed by atoms with Crippen LogP contribution >= 0.6 is 0 Å². The first-order valence-corrected chi connectivity index (χ1v) is 9.07. The molecule has 1 aliphatic heterocycles. The van der Waals surface area contributed by atoms with Gasteiger partial charge in [0.2, 0.25) is 5.91 Å². The van der Waals surface area contributed by atoms with Crippen LogP contribution < -0.4 is 5.32 Å². The summed E-state index contributed by atoms with van der Waals surface area (Å²) in [6, 6.07) is 15.3. The van der Waals surface area contributed by atoms with Crippen molar-refractivity contribution < 1.29 is 9.59 Å². The Labute approximate surface area is 163 Å². The normalized spacial score (nSPS) is 12.9. The summed E-state index contributed by atoms with van der Waals surface area (Å²) in [5.41, 5.74) is 4.16. The number of imidazole rings is 1. The topological polar surface area (TPSA) is 67.2 Å². The molecule has 0 unspecified atom stereocenters. The lowest BCUT2D eigenvalue weighted by molar-refractivity contribution is -0.121. The summed E-state index contributed by atoms with van der Waals surface area (Å²) in [7, 11) is 0. The quantitative estimate of drug-likeness (QED) is 0.723. The summed E-state index contributed by atoms with van der Waals surface area (Å²) in [5, 5.41) is 2.90. The van der Waals surface area contributed by atoms with Crippen molar-refractivity contribution in [3.8, 4) is 5.69 Å². The summed E-state index contributed by atoms with van der Waals surface area (Å²) < 4.78 is 1.92. The first-order chi connectivity index (χ1) is 13.6. The van der Waals surface area contributed by atoms with Crippen molar-refractivity contribution in [1.29, 1.82) is 0 Å². The molecule has 2 heterocycles.